The third-order valence-electron chi connectivity index (χ3n) is 5.35. The highest BCUT2D eigenvalue weighted by atomic mass is 35.5. The number of pyridine rings is 1. The van der Waals surface area contributed by atoms with E-state index in [4.69, 9.17) is 28.2 Å². The van der Waals surface area contributed by atoms with Crippen LogP contribution in [0.15, 0.2) is 24.7 Å². The van der Waals surface area contributed by atoms with Crippen molar-refractivity contribution in [2.45, 2.75) is 37.8 Å². The third kappa shape index (κ3) is 3.50. The Morgan fingerprint density at radius 2 is 1.86 bits per heavy atom. The number of hydrogen-bond donors (Lipinski definition) is 3. The maximum absolute atomic E-state index is 6.64. The number of fused-ring (bicyclic) bond motifs is 2. The van der Waals surface area contributed by atoms with E-state index < -0.39 is 0 Å². The van der Waals surface area contributed by atoms with Gasteiger partial charge in [0.1, 0.15) is 23.5 Å². The van der Waals surface area contributed by atoms with Crippen molar-refractivity contribution in [1.82, 2.24) is 29.7 Å². The fraction of sp³-hybridized carbons (Fsp3) is 0.333. The van der Waals surface area contributed by atoms with Crippen LogP contribution in [-0.4, -0.2) is 35.8 Å². The van der Waals surface area contributed by atoms with Crippen LogP contribution >= 0.6 is 36.4 Å². The van der Waals surface area contributed by atoms with Gasteiger partial charge in [-0.25, -0.2) is 19.6 Å². The number of anilines is 1. The van der Waals surface area contributed by atoms with Gasteiger partial charge in [0.25, 0.3) is 0 Å². The second kappa shape index (κ2) is 8.31. The molecule has 1 aliphatic carbocycles. The molecule has 0 unspecified atom stereocenters. The van der Waals surface area contributed by atoms with Gasteiger partial charge < -0.3 is 16.5 Å². The standard InChI is InChI=1S/C18H19ClN8.2ClH/c19-13-11-2-1-7-22-17(11)25-15(13)14-12-16(21)23-8-24-18(12)27(26-14)10-5-3-9(20)4-6-10;;/h1-2,7-10H,3-6,20H2,(H,22,25)(H2,21,23,24);2*1H/t9-,10+;;. The summed E-state index contributed by atoms with van der Waals surface area (Å²) >= 11 is 6.64. The summed E-state index contributed by atoms with van der Waals surface area (Å²) in [5.74, 6) is 0.386. The molecule has 0 bridgehead atoms. The van der Waals surface area contributed by atoms with Crippen LogP contribution in [0.5, 0.6) is 0 Å². The van der Waals surface area contributed by atoms with Gasteiger partial charge in [0.15, 0.2) is 5.65 Å². The third-order valence-corrected chi connectivity index (χ3v) is 5.74. The summed E-state index contributed by atoms with van der Waals surface area (Å²) in [6, 6.07) is 4.27. The fourth-order valence-corrected chi connectivity index (χ4v) is 4.21. The Morgan fingerprint density at radius 1 is 1.10 bits per heavy atom. The first-order valence-electron chi connectivity index (χ1n) is 9.00. The molecule has 29 heavy (non-hydrogen) atoms. The molecule has 5 N–H and O–H groups in total. The monoisotopic (exact) mass is 454 g/mol. The Hall–Kier alpha value is -2.13. The second-order valence-electron chi connectivity index (χ2n) is 7.03. The molecule has 11 heteroatoms. The van der Waals surface area contributed by atoms with Crippen molar-refractivity contribution in [3.63, 3.8) is 0 Å². The van der Waals surface area contributed by atoms with Crippen molar-refractivity contribution >= 4 is 64.3 Å². The van der Waals surface area contributed by atoms with Crippen LogP contribution in [0.25, 0.3) is 33.5 Å². The van der Waals surface area contributed by atoms with Gasteiger partial charge in [-0.05, 0) is 37.8 Å². The summed E-state index contributed by atoms with van der Waals surface area (Å²) in [6.45, 7) is 0. The van der Waals surface area contributed by atoms with Crippen molar-refractivity contribution in [3.8, 4) is 11.4 Å². The summed E-state index contributed by atoms with van der Waals surface area (Å²) in [7, 11) is 0. The van der Waals surface area contributed by atoms with E-state index in [9.17, 15) is 0 Å². The van der Waals surface area contributed by atoms with Crippen molar-refractivity contribution in [2.24, 2.45) is 5.73 Å². The van der Waals surface area contributed by atoms with Gasteiger partial charge in [-0.15, -0.1) is 24.8 Å². The number of nitrogens with two attached hydrogens (primary N) is 2. The molecule has 1 saturated carbocycles. The molecule has 154 valence electrons. The predicted molar refractivity (Wildman–Crippen MR) is 120 cm³/mol. The Kier molecular flexibility index (Phi) is 6.19. The predicted octanol–water partition coefficient (Wildman–Crippen LogP) is 3.89. The lowest BCUT2D eigenvalue weighted by Gasteiger charge is -2.26. The van der Waals surface area contributed by atoms with Crippen molar-refractivity contribution in [2.75, 3.05) is 5.73 Å². The van der Waals surface area contributed by atoms with Crippen LogP contribution in [-0.2, 0) is 0 Å². The summed E-state index contributed by atoms with van der Waals surface area (Å²) in [5.41, 5.74) is 15.0. The van der Waals surface area contributed by atoms with Crippen LogP contribution in [0.2, 0.25) is 5.02 Å². The Bertz CT molecular complexity index is 1150. The lowest BCUT2D eigenvalue weighted by atomic mass is 9.92. The first-order valence-corrected chi connectivity index (χ1v) is 9.38. The summed E-state index contributed by atoms with van der Waals surface area (Å²) in [4.78, 5) is 16.3. The van der Waals surface area contributed by atoms with E-state index in [2.05, 4.69) is 19.9 Å². The smallest absolute Gasteiger partial charge is 0.164 e. The number of aromatic nitrogens is 6. The number of aromatic amines is 1. The average molecular weight is 456 g/mol. The molecule has 0 spiro atoms. The number of hydrogen-bond acceptors (Lipinski definition) is 6. The molecular formula is C18H21Cl3N8. The van der Waals surface area contributed by atoms with E-state index in [0.717, 1.165) is 36.7 Å². The molecule has 0 atom stereocenters. The topological polar surface area (TPSA) is 124 Å². The molecule has 1 aliphatic rings. The quantitative estimate of drug-likeness (QED) is 0.421. The van der Waals surface area contributed by atoms with Gasteiger partial charge >= 0.3 is 0 Å². The van der Waals surface area contributed by atoms with Crippen LogP contribution < -0.4 is 11.5 Å². The zero-order valence-electron chi connectivity index (χ0n) is 15.4. The highest BCUT2D eigenvalue weighted by Crippen LogP contribution is 2.39. The maximum atomic E-state index is 6.64. The zero-order chi connectivity index (χ0) is 18.5. The first-order chi connectivity index (χ1) is 13.1. The van der Waals surface area contributed by atoms with Crippen LogP contribution in [0.1, 0.15) is 31.7 Å². The Labute approximate surface area is 184 Å². The molecule has 4 aromatic rings. The van der Waals surface area contributed by atoms with Crippen LogP contribution in [0.3, 0.4) is 0 Å². The number of nitrogens with zero attached hydrogens (tertiary/aromatic N) is 5. The maximum Gasteiger partial charge on any atom is 0.164 e. The molecule has 0 aromatic carbocycles. The minimum Gasteiger partial charge on any atom is -0.383 e. The normalized spacial score (nSPS) is 19.1. The minimum absolute atomic E-state index is 0. The molecule has 4 heterocycles. The average Bonchev–Trinajstić information content (AvgIpc) is 3.22. The van der Waals surface area contributed by atoms with Gasteiger partial charge in [-0.2, -0.15) is 5.10 Å². The number of nitrogens with one attached hydrogen (secondary N) is 1. The number of halogens is 3. The highest BCUT2D eigenvalue weighted by Gasteiger charge is 2.27. The fourth-order valence-electron chi connectivity index (χ4n) is 3.92. The van der Waals surface area contributed by atoms with E-state index in [0.29, 0.717) is 33.3 Å². The van der Waals surface area contributed by atoms with Gasteiger partial charge in [0, 0.05) is 17.6 Å². The molecule has 5 rings (SSSR count). The molecule has 8 nitrogen and oxygen atoms in total. The lowest BCUT2D eigenvalue weighted by molar-refractivity contribution is 0.310. The van der Waals surface area contributed by atoms with E-state index in [-0.39, 0.29) is 36.9 Å². The summed E-state index contributed by atoms with van der Waals surface area (Å²) < 4.78 is 1.96. The number of rotatable bonds is 2. The Balaban J connectivity index is 0.00000120. The van der Waals surface area contributed by atoms with Crippen molar-refractivity contribution in [1.29, 1.82) is 0 Å². The van der Waals surface area contributed by atoms with E-state index in [1.807, 2.05) is 16.8 Å². The van der Waals surface area contributed by atoms with Gasteiger partial charge in [0.2, 0.25) is 0 Å². The van der Waals surface area contributed by atoms with E-state index in [1.165, 1.54) is 6.33 Å². The molecule has 0 saturated heterocycles. The number of H-pyrrole nitrogens is 1. The molecule has 0 amide bonds. The summed E-state index contributed by atoms with van der Waals surface area (Å²) in [5, 5.41) is 7.00. The molecule has 0 aliphatic heterocycles. The molecule has 1 fully saturated rings. The number of nitrogen functional groups attached to an aromatic ring is 1. The van der Waals surface area contributed by atoms with Crippen LogP contribution in [0, 0.1) is 0 Å². The van der Waals surface area contributed by atoms with Gasteiger partial charge in [-0.3, -0.25) is 0 Å². The second-order valence-corrected chi connectivity index (χ2v) is 7.41. The molecule has 4 aromatic heterocycles. The molecule has 0 radical (unpaired) electrons. The van der Waals surface area contributed by atoms with E-state index in [1.54, 1.807) is 6.20 Å². The zero-order valence-corrected chi connectivity index (χ0v) is 17.8. The van der Waals surface area contributed by atoms with Crippen molar-refractivity contribution < 1.29 is 0 Å². The van der Waals surface area contributed by atoms with Crippen LogP contribution in [0.4, 0.5) is 5.82 Å². The van der Waals surface area contributed by atoms with Gasteiger partial charge in [-0.1, -0.05) is 11.6 Å². The first kappa shape index (κ1) is 21.6. The largest absolute Gasteiger partial charge is 0.383 e. The van der Waals surface area contributed by atoms with E-state index >= 15 is 0 Å². The minimum atomic E-state index is 0. The summed E-state index contributed by atoms with van der Waals surface area (Å²) in [6.07, 6.45) is 7.06. The van der Waals surface area contributed by atoms with Crippen molar-refractivity contribution in [3.05, 3.63) is 29.7 Å². The Morgan fingerprint density at radius 3 is 2.59 bits per heavy atom. The highest BCUT2D eigenvalue weighted by molar-refractivity contribution is 6.38. The lowest BCUT2D eigenvalue weighted by Crippen LogP contribution is -2.28. The molecular weight excluding hydrogens is 435 g/mol. The SMILES string of the molecule is Cl.Cl.Nc1ncnc2c1c(-c1[nH]c3ncccc3c1Cl)nn2[C@H]1CC[C@@H](N)CC1. The van der Waals surface area contributed by atoms with Gasteiger partial charge in [0.05, 0.1) is 22.1 Å².